The smallest absolute Gasteiger partial charge is 0.328 e. The number of carbonyl (C=O) groups is 3. The maximum absolute atomic E-state index is 12.2. The molecule has 0 bridgehead atoms. The third-order valence-corrected chi connectivity index (χ3v) is 3.63. The zero-order valence-corrected chi connectivity index (χ0v) is 14.2. The first kappa shape index (κ1) is 18.3. The number of amides is 1. The van der Waals surface area contributed by atoms with Crippen molar-refractivity contribution >= 4 is 28.8 Å². The number of hydrogen-bond acceptors (Lipinski definition) is 7. The number of fused-ring (bicyclic) bond motifs is 1. The van der Waals surface area contributed by atoms with Gasteiger partial charge >= 0.3 is 11.9 Å². The van der Waals surface area contributed by atoms with Crippen molar-refractivity contribution in [3.8, 4) is 5.75 Å². The summed E-state index contributed by atoms with van der Waals surface area (Å²) in [5, 5.41) is 3.24. The Morgan fingerprint density at radius 1 is 1.16 bits per heavy atom. The number of esters is 2. The molecule has 2 rings (SSSR count). The monoisotopic (exact) mass is 349 g/mol. The number of nitrogens with one attached hydrogen (secondary N) is 1. The predicted octanol–water partition coefficient (Wildman–Crippen LogP) is 1.20. The highest BCUT2D eigenvalue weighted by Crippen LogP contribution is 2.25. The third kappa shape index (κ3) is 4.50. The highest BCUT2D eigenvalue weighted by atomic mass is 16.5. The molecule has 1 heterocycles. The minimum absolute atomic E-state index is 0.0198. The molecule has 0 fully saturated rings. The van der Waals surface area contributed by atoms with Gasteiger partial charge in [-0.3, -0.25) is 9.59 Å². The quantitative estimate of drug-likeness (QED) is 0.749. The third-order valence-electron chi connectivity index (χ3n) is 3.63. The van der Waals surface area contributed by atoms with Crippen molar-refractivity contribution in [3.63, 3.8) is 0 Å². The molecule has 1 N–H and O–H groups in total. The van der Waals surface area contributed by atoms with Crippen LogP contribution in [0.4, 0.5) is 0 Å². The largest absolute Gasteiger partial charge is 0.497 e. The lowest BCUT2D eigenvalue weighted by Crippen LogP contribution is -2.43. The molecule has 0 saturated heterocycles. The maximum Gasteiger partial charge on any atom is 0.328 e. The fourth-order valence-electron chi connectivity index (χ4n) is 2.33. The minimum atomic E-state index is -1.11. The molecule has 0 aliphatic rings. The number of methoxy groups -OCH3 is 3. The topological polar surface area (TPSA) is 104 Å². The molecule has 8 nitrogen and oxygen atoms in total. The Labute approximate surface area is 144 Å². The first-order chi connectivity index (χ1) is 12.0. The highest BCUT2D eigenvalue weighted by molar-refractivity contribution is 5.91. The zero-order chi connectivity index (χ0) is 18.4. The SMILES string of the molecule is COC(=O)CC(NC(=O)Cc1coc2cc(OC)ccc12)C(=O)OC. The van der Waals surface area contributed by atoms with Crippen molar-refractivity contribution in [3.05, 3.63) is 30.0 Å². The van der Waals surface area contributed by atoms with Crippen molar-refractivity contribution in [2.75, 3.05) is 21.3 Å². The van der Waals surface area contributed by atoms with E-state index >= 15 is 0 Å². The summed E-state index contributed by atoms with van der Waals surface area (Å²) in [4.78, 5) is 35.3. The van der Waals surface area contributed by atoms with E-state index in [4.69, 9.17) is 9.15 Å². The van der Waals surface area contributed by atoms with Gasteiger partial charge in [0.15, 0.2) is 0 Å². The van der Waals surface area contributed by atoms with Crippen LogP contribution in [0.2, 0.25) is 0 Å². The van der Waals surface area contributed by atoms with E-state index in [2.05, 4.69) is 14.8 Å². The second-order valence-electron chi connectivity index (χ2n) is 5.22. The molecule has 0 radical (unpaired) electrons. The van der Waals surface area contributed by atoms with Crippen molar-refractivity contribution in [2.24, 2.45) is 0 Å². The normalized spacial score (nSPS) is 11.6. The Morgan fingerprint density at radius 2 is 1.92 bits per heavy atom. The van der Waals surface area contributed by atoms with Crippen molar-refractivity contribution in [1.29, 1.82) is 0 Å². The Balaban J connectivity index is 2.09. The molecule has 0 saturated carbocycles. The van der Waals surface area contributed by atoms with Gasteiger partial charge in [-0.1, -0.05) is 0 Å². The van der Waals surface area contributed by atoms with Gasteiger partial charge in [0.25, 0.3) is 0 Å². The highest BCUT2D eigenvalue weighted by Gasteiger charge is 2.25. The molecule has 0 spiro atoms. The predicted molar refractivity (Wildman–Crippen MR) is 87.0 cm³/mol. The molecule has 1 aromatic heterocycles. The van der Waals surface area contributed by atoms with Crippen molar-refractivity contribution in [1.82, 2.24) is 5.32 Å². The molecule has 134 valence electrons. The molecule has 0 aliphatic carbocycles. The summed E-state index contributed by atoms with van der Waals surface area (Å²) >= 11 is 0. The van der Waals surface area contributed by atoms with Crippen LogP contribution in [0.5, 0.6) is 5.75 Å². The van der Waals surface area contributed by atoms with Crippen LogP contribution in [-0.4, -0.2) is 45.2 Å². The summed E-state index contributed by atoms with van der Waals surface area (Å²) in [6, 6.07) is 4.15. The van der Waals surface area contributed by atoms with Gasteiger partial charge in [-0.05, 0) is 12.1 Å². The second-order valence-corrected chi connectivity index (χ2v) is 5.22. The van der Waals surface area contributed by atoms with E-state index in [-0.39, 0.29) is 12.8 Å². The van der Waals surface area contributed by atoms with Gasteiger partial charge in [0.05, 0.1) is 40.4 Å². The van der Waals surface area contributed by atoms with E-state index < -0.39 is 23.9 Å². The number of ether oxygens (including phenoxy) is 3. The zero-order valence-electron chi connectivity index (χ0n) is 14.2. The van der Waals surface area contributed by atoms with E-state index in [0.29, 0.717) is 16.9 Å². The van der Waals surface area contributed by atoms with E-state index in [9.17, 15) is 14.4 Å². The van der Waals surface area contributed by atoms with Gasteiger partial charge in [0.2, 0.25) is 5.91 Å². The minimum Gasteiger partial charge on any atom is -0.497 e. The fourth-order valence-corrected chi connectivity index (χ4v) is 2.33. The lowest BCUT2D eigenvalue weighted by atomic mass is 10.1. The van der Waals surface area contributed by atoms with Gasteiger partial charge in [-0.25, -0.2) is 4.79 Å². The van der Waals surface area contributed by atoms with Crippen LogP contribution < -0.4 is 10.1 Å². The Morgan fingerprint density at radius 3 is 2.56 bits per heavy atom. The van der Waals surface area contributed by atoms with Crippen LogP contribution in [0.3, 0.4) is 0 Å². The average molecular weight is 349 g/mol. The lowest BCUT2D eigenvalue weighted by molar-refractivity contribution is -0.150. The number of furan rings is 1. The van der Waals surface area contributed by atoms with Crippen LogP contribution in [0, 0.1) is 0 Å². The van der Waals surface area contributed by atoms with Crippen molar-refractivity contribution < 1.29 is 33.0 Å². The number of rotatable bonds is 7. The van der Waals surface area contributed by atoms with Gasteiger partial charge < -0.3 is 23.9 Å². The van der Waals surface area contributed by atoms with E-state index in [1.54, 1.807) is 25.3 Å². The molecule has 1 atom stereocenters. The van der Waals surface area contributed by atoms with Crippen LogP contribution in [0.1, 0.15) is 12.0 Å². The number of benzene rings is 1. The van der Waals surface area contributed by atoms with Crippen LogP contribution >= 0.6 is 0 Å². The van der Waals surface area contributed by atoms with Crippen LogP contribution in [0.25, 0.3) is 11.0 Å². The Bertz CT molecular complexity index is 780. The summed E-state index contributed by atoms with van der Waals surface area (Å²) in [5.41, 5.74) is 1.23. The van der Waals surface area contributed by atoms with E-state index in [1.807, 2.05) is 0 Å². The average Bonchev–Trinajstić information content (AvgIpc) is 3.01. The molecule has 0 aliphatic heterocycles. The van der Waals surface area contributed by atoms with Gasteiger partial charge in [-0.15, -0.1) is 0 Å². The molecule has 1 amide bonds. The summed E-state index contributed by atoms with van der Waals surface area (Å²) in [5.74, 6) is -1.16. The molecule has 1 unspecified atom stereocenters. The van der Waals surface area contributed by atoms with Crippen LogP contribution in [0.15, 0.2) is 28.9 Å². The fraction of sp³-hybridized carbons (Fsp3) is 0.353. The standard InChI is InChI=1S/C17H19NO7/c1-22-11-4-5-12-10(9-25-14(12)7-11)6-15(19)18-13(17(21)24-3)8-16(20)23-2/h4-5,7,9,13H,6,8H2,1-3H3,(H,18,19). The lowest BCUT2D eigenvalue weighted by Gasteiger charge is -2.15. The van der Waals surface area contributed by atoms with Crippen LogP contribution in [-0.2, 0) is 30.3 Å². The van der Waals surface area contributed by atoms with Crippen molar-refractivity contribution in [2.45, 2.75) is 18.9 Å². The summed E-state index contributed by atoms with van der Waals surface area (Å²) in [6.45, 7) is 0. The van der Waals surface area contributed by atoms with Gasteiger partial charge in [-0.2, -0.15) is 0 Å². The summed E-state index contributed by atoms with van der Waals surface area (Å²) < 4.78 is 19.7. The molecule has 8 heteroatoms. The molecular formula is C17H19NO7. The van der Waals surface area contributed by atoms with Gasteiger partial charge in [0.1, 0.15) is 17.4 Å². The Hall–Kier alpha value is -3.03. The number of hydrogen-bond donors (Lipinski definition) is 1. The number of carbonyl (C=O) groups excluding carboxylic acids is 3. The first-order valence-electron chi connectivity index (χ1n) is 7.46. The second kappa shape index (κ2) is 8.18. The molecular weight excluding hydrogens is 330 g/mol. The molecule has 1 aromatic carbocycles. The molecule has 25 heavy (non-hydrogen) atoms. The Kier molecular flexibility index (Phi) is 5.99. The summed E-state index contributed by atoms with van der Waals surface area (Å²) in [6.07, 6.45) is 1.14. The molecule has 2 aromatic rings. The first-order valence-corrected chi connectivity index (χ1v) is 7.46. The van der Waals surface area contributed by atoms with E-state index in [1.165, 1.54) is 20.5 Å². The van der Waals surface area contributed by atoms with E-state index in [0.717, 1.165) is 5.39 Å². The summed E-state index contributed by atoms with van der Waals surface area (Å²) in [7, 11) is 3.92. The maximum atomic E-state index is 12.2. The van der Waals surface area contributed by atoms with Gasteiger partial charge in [0, 0.05) is 17.0 Å².